The van der Waals surface area contributed by atoms with Crippen LogP contribution in [0, 0.1) is 0 Å². The summed E-state index contributed by atoms with van der Waals surface area (Å²) in [5.41, 5.74) is 0. The first-order valence-electron chi connectivity index (χ1n) is 11.5. The lowest BCUT2D eigenvalue weighted by Gasteiger charge is -2.30. The molecule has 0 rings (SSSR count). The molecule has 0 unspecified atom stereocenters. The van der Waals surface area contributed by atoms with E-state index in [1.807, 2.05) is 6.92 Å². The summed E-state index contributed by atoms with van der Waals surface area (Å²) < 4.78 is 1.24. The van der Waals surface area contributed by atoms with Crippen molar-refractivity contribution in [2.24, 2.45) is 0 Å². The number of hydrogen-bond acceptors (Lipinski definition) is 1. The van der Waals surface area contributed by atoms with Gasteiger partial charge in [-0.3, -0.25) is 0 Å². The van der Waals surface area contributed by atoms with Gasteiger partial charge in [0, 0.05) is 6.61 Å². The van der Waals surface area contributed by atoms with E-state index in [2.05, 4.69) is 27.9 Å². The molecule has 3 heteroatoms. The van der Waals surface area contributed by atoms with Crippen molar-refractivity contribution in [3.63, 3.8) is 0 Å². The zero-order chi connectivity index (χ0) is 19.2. The maximum atomic E-state index is 7.88. The third kappa shape index (κ3) is 29.0. The average Bonchev–Trinajstić information content (AvgIpc) is 2.60. The van der Waals surface area contributed by atoms with E-state index in [0.29, 0.717) is 6.61 Å². The van der Waals surface area contributed by atoms with Crippen molar-refractivity contribution in [1.29, 1.82) is 0 Å². The van der Waals surface area contributed by atoms with Gasteiger partial charge >= 0.3 is 0 Å². The second kappa shape index (κ2) is 25.2. The molecule has 0 aromatic rings. The summed E-state index contributed by atoms with van der Waals surface area (Å²) >= 11 is 0. The topological polar surface area (TPSA) is 20.2 Å². The molecule has 0 radical (unpaired) electrons. The maximum Gasteiger partial charge on any atom is 0.0782 e. The minimum atomic E-state index is 0. The number of aliphatic hydroxyl groups excluding tert-OH is 1. The van der Waals surface area contributed by atoms with Crippen molar-refractivity contribution >= 4 is 0 Å². The highest BCUT2D eigenvalue weighted by Gasteiger charge is 2.13. The molecule has 0 aliphatic carbocycles. The maximum absolute atomic E-state index is 7.88. The second-order valence-electron chi connectivity index (χ2n) is 8.35. The monoisotopic (exact) mass is 393 g/mol. The zero-order valence-electron chi connectivity index (χ0n) is 19.0. The third-order valence-electron chi connectivity index (χ3n) is 4.96. The van der Waals surface area contributed by atoms with E-state index >= 15 is 0 Å². The molecular weight excluding hydrogens is 342 g/mol. The van der Waals surface area contributed by atoms with Crippen LogP contribution >= 0.6 is 0 Å². The summed E-state index contributed by atoms with van der Waals surface area (Å²) in [7, 11) is 4.85. The van der Waals surface area contributed by atoms with Crippen LogP contribution in [0.1, 0.15) is 117 Å². The lowest BCUT2D eigenvalue weighted by atomic mass is 10.1. The quantitative estimate of drug-likeness (QED) is 0.293. The van der Waals surface area contributed by atoms with Gasteiger partial charge in [-0.1, -0.05) is 85.0 Å². The molecule has 0 saturated heterocycles. The number of aliphatic hydroxyl groups is 1. The summed E-state index contributed by atoms with van der Waals surface area (Å²) in [5, 5.41) is 7.88. The predicted octanol–water partition coefficient (Wildman–Crippen LogP) is 3.96. The Hall–Kier alpha value is 0.210. The lowest BCUT2D eigenvalue weighted by Crippen LogP contribution is -3.00. The molecule has 0 spiro atoms. The summed E-state index contributed by atoms with van der Waals surface area (Å²) in [6, 6.07) is 0. The van der Waals surface area contributed by atoms with Crippen LogP contribution in [-0.2, 0) is 0 Å². The molecule has 0 bridgehead atoms. The van der Waals surface area contributed by atoms with Crippen LogP contribution in [0.25, 0.3) is 0 Å². The molecule has 0 saturated carbocycles. The van der Waals surface area contributed by atoms with Crippen LogP contribution < -0.4 is 12.4 Å². The molecule has 0 aliphatic heterocycles. The SMILES string of the molecule is CCCCCCCCCC[N+](C)(C)CCCCCCCC.CCCO.[Cl-]. The van der Waals surface area contributed by atoms with Gasteiger partial charge in [-0.15, -0.1) is 0 Å². The van der Waals surface area contributed by atoms with Gasteiger partial charge in [0.2, 0.25) is 0 Å². The molecule has 0 fully saturated rings. The average molecular weight is 394 g/mol. The van der Waals surface area contributed by atoms with E-state index in [0.717, 1.165) is 6.42 Å². The molecule has 0 aromatic heterocycles. The van der Waals surface area contributed by atoms with Gasteiger partial charge in [-0.05, 0) is 32.1 Å². The number of hydrogen-bond donors (Lipinski definition) is 1. The zero-order valence-corrected chi connectivity index (χ0v) is 19.8. The number of halogens is 1. The molecule has 162 valence electrons. The number of unbranched alkanes of at least 4 members (excludes halogenated alkanes) is 12. The van der Waals surface area contributed by atoms with Gasteiger partial charge in [-0.2, -0.15) is 0 Å². The van der Waals surface area contributed by atoms with Gasteiger partial charge in [0.25, 0.3) is 0 Å². The Morgan fingerprint density at radius 2 is 0.769 bits per heavy atom. The summed E-state index contributed by atoms with van der Waals surface area (Å²) in [5.74, 6) is 0. The Balaban J connectivity index is -0.000000951. The first-order valence-corrected chi connectivity index (χ1v) is 11.5. The van der Waals surface area contributed by atoms with E-state index in [4.69, 9.17) is 5.11 Å². The normalized spacial score (nSPS) is 10.8. The van der Waals surface area contributed by atoms with Crippen LogP contribution in [0.15, 0.2) is 0 Å². The molecule has 1 N–H and O–H groups in total. The second-order valence-corrected chi connectivity index (χ2v) is 8.35. The van der Waals surface area contributed by atoms with E-state index in [1.54, 1.807) is 0 Å². The number of nitrogens with zero attached hydrogens (tertiary/aromatic N) is 1. The highest BCUT2D eigenvalue weighted by atomic mass is 35.5. The standard InChI is InChI=1S/C20H44N.C3H8O.ClH/c1-5-7-9-11-13-14-16-18-20-21(3,4)19-17-15-12-10-8-6-2;1-2-3-4;/h5-20H2,1-4H3;4H,2-3H2,1H3;1H/q+1;;/p-1. The van der Waals surface area contributed by atoms with Gasteiger partial charge < -0.3 is 22.0 Å². The van der Waals surface area contributed by atoms with Crippen LogP contribution in [0.4, 0.5) is 0 Å². The van der Waals surface area contributed by atoms with Crippen LogP contribution in [0.5, 0.6) is 0 Å². The van der Waals surface area contributed by atoms with Crippen LogP contribution in [0.2, 0.25) is 0 Å². The summed E-state index contributed by atoms with van der Waals surface area (Å²) in [6.07, 6.45) is 20.9. The van der Waals surface area contributed by atoms with E-state index in [9.17, 15) is 0 Å². The molecular formula is C23H52ClNO. The molecule has 0 heterocycles. The minimum Gasteiger partial charge on any atom is -1.00 e. The molecule has 2 nitrogen and oxygen atoms in total. The van der Waals surface area contributed by atoms with Crippen molar-refractivity contribution in [2.45, 2.75) is 117 Å². The Labute approximate surface area is 173 Å². The van der Waals surface area contributed by atoms with E-state index in [-0.39, 0.29) is 12.4 Å². The first kappa shape index (κ1) is 30.9. The predicted molar refractivity (Wildman–Crippen MR) is 115 cm³/mol. The first-order chi connectivity index (χ1) is 12.0. The van der Waals surface area contributed by atoms with Gasteiger partial charge in [-0.25, -0.2) is 0 Å². The van der Waals surface area contributed by atoms with Gasteiger partial charge in [0.05, 0.1) is 27.2 Å². The summed E-state index contributed by atoms with van der Waals surface area (Å²) in [6.45, 7) is 9.60. The highest BCUT2D eigenvalue weighted by Crippen LogP contribution is 2.12. The van der Waals surface area contributed by atoms with Crippen molar-refractivity contribution in [3.05, 3.63) is 0 Å². The Morgan fingerprint density at radius 3 is 1.04 bits per heavy atom. The molecule has 0 aromatic carbocycles. The van der Waals surface area contributed by atoms with Crippen LogP contribution in [-0.4, -0.2) is 43.4 Å². The Morgan fingerprint density at radius 1 is 0.500 bits per heavy atom. The Kier molecular flexibility index (Phi) is 30.0. The van der Waals surface area contributed by atoms with Gasteiger partial charge in [0.1, 0.15) is 0 Å². The van der Waals surface area contributed by atoms with E-state index in [1.165, 1.54) is 107 Å². The fraction of sp³-hybridized carbons (Fsp3) is 1.00. The third-order valence-corrected chi connectivity index (χ3v) is 4.96. The largest absolute Gasteiger partial charge is 1.00 e. The fourth-order valence-corrected chi connectivity index (χ4v) is 3.11. The van der Waals surface area contributed by atoms with E-state index < -0.39 is 0 Å². The minimum absolute atomic E-state index is 0. The van der Waals surface area contributed by atoms with Crippen LogP contribution in [0.3, 0.4) is 0 Å². The molecule has 0 amide bonds. The van der Waals surface area contributed by atoms with Crippen molar-refractivity contribution in [2.75, 3.05) is 33.8 Å². The Bertz CT molecular complexity index is 232. The number of quaternary nitrogens is 1. The summed E-state index contributed by atoms with van der Waals surface area (Å²) in [4.78, 5) is 0. The smallest absolute Gasteiger partial charge is 0.0782 e. The lowest BCUT2D eigenvalue weighted by molar-refractivity contribution is -0.890. The van der Waals surface area contributed by atoms with Crippen molar-refractivity contribution < 1.29 is 22.0 Å². The number of rotatable bonds is 17. The van der Waals surface area contributed by atoms with Gasteiger partial charge in [0.15, 0.2) is 0 Å². The highest BCUT2D eigenvalue weighted by molar-refractivity contribution is 4.48. The molecule has 0 aliphatic rings. The fourth-order valence-electron chi connectivity index (χ4n) is 3.11. The van der Waals surface area contributed by atoms with Crippen molar-refractivity contribution in [1.82, 2.24) is 0 Å². The van der Waals surface area contributed by atoms with Crippen molar-refractivity contribution in [3.8, 4) is 0 Å². The molecule has 0 atom stereocenters. The molecule has 26 heavy (non-hydrogen) atoms.